The van der Waals surface area contributed by atoms with Crippen LogP contribution in [0.2, 0.25) is 5.15 Å². The number of nitrogens with one attached hydrogen (secondary N) is 1. The molecule has 4 rings (SSSR count). The number of anilines is 1. The van der Waals surface area contributed by atoms with Gasteiger partial charge >= 0.3 is 0 Å². The normalized spacial score (nSPS) is 22.9. The van der Waals surface area contributed by atoms with Gasteiger partial charge in [-0.25, -0.2) is 4.98 Å². The summed E-state index contributed by atoms with van der Waals surface area (Å²) in [5.41, 5.74) is 1.89. The van der Waals surface area contributed by atoms with E-state index in [2.05, 4.69) is 16.4 Å². The first kappa shape index (κ1) is 19.6. The summed E-state index contributed by atoms with van der Waals surface area (Å²) < 4.78 is 23.9. The number of hydrogen-bond donors (Lipinski definition) is 1. The van der Waals surface area contributed by atoms with Gasteiger partial charge in [-0.2, -0.15) is 5.26 Å². The lowest BCUT2D eigenvalue weighted by molar-refractivity contribution is -0.0324. The Morgan fingerprint density at radius 2 is 2.21 bits per heavy atom. The van der Waals surface area contributed by atoms with Crippen molar-refractivity contribution in [2.45, 2.75) is 56.9 Å². The van der Waals surface area contributed by atoms with Crippen molar-refractivity contribution >= 4 is 36.8 Å². The summed E-state index contributed by atoms with van der Waals surface area (Å²) in [5, 5.41) is 14.2. The number of nitrogens with zero attached hydrogens (tertiary/aromatic N) is 3. The summed E-state index contributed by atoms with van der Waals surface area (Å²) in [4.78, 5) is 4.50. The highest BCUT2D eigenvalue weighted by molar-refractivity contribution is 7.23. The molecule has 0 spiro atoms. The van der Waals surface area contributed by atoms with Gasteiger partial charge in [0.05, 0.1) is 18.4 Å². The number of hydrogen-bond acceptors (Lipinski definition) is 6. The van der Waals surface area contributed by atoms with Gasteiger partial charge in [0.1, 0.15) is 29.9 Å². The number of pyridine rings is 1. The molecule has 28 heavy (non-hydrogen) atoms. The van der Waals surface area contributed by atoms with Gasteiger partial charge in [0, 0.05) is 17.6 Å². The maximum atomic E-state index is 10.5. The number of aromatic nitrogens is 2. The van der Waals surface area contributed by atoms with Crippen LogP contribution in [0, 0.1) is 11.3 Å². The topological polar surface area (TPSA) is 89.2 Å². The minimum Gasteiger partial charge on any atom is -0.381 e. The van der Waals surface area contributed by atoms with Gasteiger partial charge in [-0.1, -0.05) is 24.4 Å². The van der Waals surface area contributed by atoms with E-state index in [9.17, 15) is 9.83 Å². The van der Waals surface area contributed by atoms with Crippen LogP contribution >= 0.6 is 20.1 Å². The number of halogens is 1. The average Bonchev–Trinajstić information content (AvgIpc) is 3.42. The molecular formula is C19H22ClN4O3P. The second-order valence-electron chi connectivity index (χ2n) is 7.27. The zero-order valence-corrected chi connectivity index (χ0v) is 17.1. The van der Waals surface area contributed by atoms with Crippen molar-refractivity contribution in [1.29, 1.82) is 5.26 Å². The highest BCUT2D eigenvalue weighted by atomic mass is 35.5. The minimum absolute atomic E-state index is 0.0202. The lowest BCUT2D eigenvalue weighted by atomic mass is 10.1. The van der Waals surface area contributed by atoms with E-state index in [1.54, 1.807) is 0 Å². The fraction of sp³-hybridized carbons (Fsp3) is 0.579. The smallest absolute Gasteiger partial charge is 0.183 e. The Kier molecular flexibility index (Phi) is 6.13. The summed E-state index contributed by atoms with van der Waals surface area (Å²) >= 11 is 6.36. The zero-order valence-electron chi connectivity index (χ0n) is 15.4. The average molecular weight is 421 g/mol. The van der Waals surface area contributed by atoms with E-state index < -0.39 is 0 Å². The van der Waals surface area contributed by atoms with E-state index in [0.29, 0.717) is 23.9 Å². The van der Waals surface area contributed by atoms with E-state index in [-0.39, 0.29) is 32.3 Å². The zero-order chi connectivity index (χ0) is 19.5. The van der Waals surface area contributed by atoms with Crippen LogP contribution < -0.4 is 5.32 Å². The molecule has 2 aliphatic rings. The molecule has 0 unspecified atom stereocenters. The van der Waals surface area contributed by atoms with Crippen LogP contribution in [0.15, 0.2) is 12.3 Å². The van der Waals surface area contributed by atoms with Crippen LogP contribution in [0.25, 0.3) is 11.0 Å². The highest BCUT2D eigenvalue weighted by Gasteiger charge is 2.29. The number of ether oxygens (including phenoxy) is 2. The van der Waals surface area contributed by atoms with Gasteiger partial charge in [0.25, 0.3) is 0 Å². The van der Waals surface area contributed by atoms with Crippen molar-refractivity contribution in [1.82, 2.24) is 9.55 Å². The van der Waals surface area contributed by atoms with Gasteiger partial charge in [-0.15, -0.1) is 0 Å². The Morgan fingerprint density at radius 1 is 1.39 bits per heavy atom. The molecule has 1 N–H and O–H groups in total. The fourth-order valence-electron chi connectivity index (χ4n) is 4.13. The van der Waals surface area contributed by atoms with Gasteiger partial charge < -0.3 is 19.4 Å². The van der Waals surface area contributed by atoms with Crippen LogP contribution in [0.3, 0.4) is 0 Å². The molecule has 1 aliphatic carbocycles. The molecule has 0 radical (unpaired) electrons. The van der Waals surface area contributed by atoms with Crippen molar-refractivity contribution in [3.05, 3.63) is 23.0 Å². The van der Waals surface area contributed by atoms with Gasteiger partial charge in [0.15, 0.2) is 13.6 Å². The fourth-order valence-corrected chi connectivity index (χ4v) is 4.53. The van der Waals surface area contributed by atoms with E-state index in [4.69, 9.17) is 21.1 Å². The predicted molar refractivity (Wildman–Crippen MR) is 107 cm³/mol. The first-order valence-electron chi connectivity index (χ1n) is 9.60. The molecule has 0 amide bonds. The van der Waals surface area contributed by atoms with Crippen LogP contribution in [-0.2, 0) is 14.0 Å². The SMILES string of the molecule is N#Cc1c(Cl)nc2c(ccn2[C@H]2CC[C@@H](COCP=O)O2)c1NC1CCCC1. The monoisotopic (exact) mass is 420 g/mol. The Balaban J connectivity index is 1.62. The third-order valence-corrected chi connectivity index (χ3v) is 6.04. The summed E-state index contributed by atoms with van der Waals surface area (Å²) in [6.07, 6.45) is 8.23. The van der Waals surface area contributed by atoms with Crippen molar-refractivity contribution in [2.24, 2.45) is 0 Å². The first-order valence-corrected chi connectivity index (χ1v) is 11.0. The molecule has 9 heteroatoms. The molecule has 2 fully saturated rings. The Hall–Kier alpha value is -1.71. The molecule has 2 atom stereocenters. The molecule has 1 saturated heterocycles. The summed E-state index contributed by atoms with van der Waals surface area (Å²) in [6.45, 7) is 0.423. The Labute approximate surface area is 170 Å². The van der Waals surface area contributed by atoms with Crippen molar-refractivity contribution in [3.8, 4) is 6.07 Å². The van der Waals surface area contributed by atoms with E-state index in [0.717, 1.165) is 36.8 Å². The Morgan fingerprint density at radius 3 is 2.96 bits per heavy atom. The van der Waals surface area contributed by atoms with Crippen LogP contribution in [0.5, 0.6) is 0 Å². The molecule has 1 aliphatic heterocycles. The van der Waals surface area contributed by atoms with Gasteiger partial charge in [0.2, 0.25) is 0 Å². The summed E-state index contributed by atoms with van der Waals surface area (Å²) in [5.74, 6) is 0. The first-order chi connectivity index (χ1) is 13.7. The predicted octanol–water partition coefficient (Wildman–Crippen LogP) is 4.86. The molecule has 1 saturated carbocycles. The number of nitriles is 1. The highest BCUT2D eigenvalue weighted by Crippen LogP contribution is 2.37. The molecule has 148 valence electrons. The molecule has 2 aromatic rings. The standard InChI is InChI=1S/C19H22ClN4O3P/c20-18-15(9-21)17(22-12-3-1-2-4-12)14-7-8-24(19(14)23-18)16-6-5-13(27-16)10-26-11-28-25/h7-8,12-13,16H,1-6,10-11H2,(H,22,23)/t13-,16+/m0/s1. The lowest BCUT2D eigenvalue weighted by Gasteiger charge is -2.18. The maximum absolute atomic E-state index is 10.5. The number of rotatable bonds is 7. The molecule has 0 aromatic carbocycles. The third-order valence-electron chi connectivity index (χ3n) is 5.48. The van der Waals surface area contributed by atoms with Gasteiger partial charge in [-0.05, 0) is 31.7 Å². The van der Waals surface area contributed by atoms with E-state index in [1.807, 2.05) is 16.8 Å². The Bertz CT molecular complexity index is 907. The van der Waals surface area contributed by atoms with Crippen LogP contribution in [0.4, 0.5) is 5.69 Å². The van der Waals surface area contributed by atoms with E-state index >= 15 is 0 Å². The quantitative estimate of drug-likeness (QED) is 0.391. The van der Waals surface area contributed by atoms with Gasteiger partial charge in [-0.3, -0.25) is 4.57 Å². The molecule has 3 heterocycles. The largest absolute Gasteiger partial charge is 0.381 e. The molecule has 0 bridgehead atoms. The number of fused-ring (bicyclic) bond motifs is 1. The second-order valence-corrected chi connectivity index (χ2v) is 8.14. The minimum atomic E-state index is -0.160. The van der Waals surface area contributed by atoms with Crippen molar-refractivity contribution in [2.75, 3.05) is 18.3 Å². The third kappa shape index (κ3) is 3.88. The van der Waals surface area contributed by atoms with Crippen molar-refractivity contribution in [3.63, 3.8) is 0 Å². The van der Waals surface area contributed by atoms with Crippen LogP contribution in [-0.4, -0.2) is 34.7 Å². The second kappa shape index (κ2) is 8.75. The molecule has 7 nitrogen and oxygen atoms in total. The molecular weight excluding hydrogens is 399 g/mol. The summed E-state index contributed by atoms with van der Waals surface area (Å²) in [7, 11) is -0.0202. The lowest BCUT2D eigenvalue weighted by Crippen LogP contribution is -2.17. The van der Waals surface area contributed by atoms with Crippen LogP contribution in [0.1, 0.15) is 50.3 Å². The summed E-state index contributed by atoms with van der Waals surface area (Å²) in [6, 6.07) is 4.54. The van der Waals surface area contributed by atoms with E-state index in [1.165, 1.54) is 12.8 Å². The van der Waals surface area contributed by atoms with Crippen molar-refractivity contribution < 1.29 is 14.0 Å². The maximum Gasteiger partial charge on any atom is 0.183 e. The molecule has 2 aromatic heterocycles.